The molecular formula is C11H15NO4. The normalized spacial score (nSPS) is 9.31. The van der Waals surface area contributed by atoms with Crippen molar-refractivity contribution < 1.29 is 19.2 Å². The second kappa shape index (κ2) is 8.68. The van der Waals surface area contributed by atoms with E-state index in [4.69, 9.17) is 0 Å². The Morgan fingerprint density at radius 3 is 1.94 bits per heavy atom. The first-order valence-electron chi connectivity index (χ1n) is 5.12. The predicted molar refractivity (Wildman–Crippen MR) is 56.8 cm³/mol. The van der Waals surface area contributed by atoms with Crippen LogP contribution in [-0.4, -0.2) is 30.0 Å². The fraction of sp³-hybridized carbons (Fsp3) is 0.636. The van der Waals surface area contributed by atoms with Crippen LogP contribution in [0.4, 0.5) is 0 Å². The van der Waals surface area contributed by atoms with Crippen LogP contribution in [0.3, 0.4) is 0 Å². The number of aliphatic imine (C=N–C) groups is 1. The smallest absolute Gasteiger partial charge is 0.234 e. The number of nitrogens with zero attached hydrogens (tertiary/aromatic N) is 1. The van der Waals surface area contributed by atoms with Crippen LogP contribution in [0.25, 0.3) is 0 Å². The van der Waals surface area contributed by atoms with Crippen molar-refractivity contribution in [2.75, 3.05) is 6.54 Å². The van der Waals surface area contributed by atoms with Crippen molar-refractivity contribution in [2.45, 2.75) is 39.0 Å². The Balaban J connectivity index is 3.62. The van der Waals surface area contributed by atoms with Crippen LogP contribution in [0.15, 0.2) is 4.99 Å². The summed E-state index contributed by atoms with van der Waals surface area (Å²) in [6, 6.07) is 0. The Hall–Kier alpha value is -1.61. The number of carbonyl (C=O) groups is 3. The van der Waals surface area contributed by atoms with Crippen molar-refractivity contribution >= 4 is 23.4 Å². The number of Topliss-reactive ketones (excluding diaryl/α,β-unsaturated/α-hetero) is 3. The molecule has 0 saturated carbocycles. The summed E-state index contributed by atoms with van der Waals surface area (Å²) in [5.74, 6) is -0.211. The maximum absolute atomic E-state index is 11.2. The van der Waals surface area contributed by atoms with E-state index in [1.54, 1.807) is 0 Å². The van der Waals surface area contributed by atoms with E-state index in [1.165, 1.54) is 13.0 Å². The topological polar surface area (TPSA) is 80.6 Å². The minimum atomic E-state index is -0.102. The van der Waals surface area contributed by atoms with Crippen LogP contribution in [0.1, 0.15) is 39.0 Å². The molecule has 0 atom stereocenters. The van der Waals surface area contributed by atoms with Gasteiger partial charge in [-0.2, -0.15) is 0 Å². The molecule has 0 N–H and O–H groups in total. The summed E-state index contributed by atoms with van der Waals surface area (Å²) in [6.07, 6.45) is 2.26. The molecule has 0 aromatic rings. The number of rotatable bonds is 9. The number of isocyanates is 1. The quantitative estimate of drug-likeness (QED) is 0.433. The van der Waals surface area contributed by atoms with Gasteiger partial charge in [0.1, 0.15) is 17.3 Å². The van der Waals surface area contributed by atoms with Crippen LogP contribution < -0.4 is 0 Å². The summed E-state index contributed by atoms with van der Waals surface area (Å²) in [5, 5.41) is 0. The van der Waals surface area contributed by atoms with Crippen LogP contribution in [0.2, 0.25) is 0 Å². The van der Waals surface area contributed by atoms with E-state index in [0.717, 1.165) is 0 Å². The van der Waals surface area contributed by atoms with Crippen molar-refractivity contribution in [2.24, 2.45) is 4.99 Å². The molecule has 0 spiro atoms. The molecule has 0 aliphatic carbocycles. The zero-order chi connectivity index (χ0) is 12.4. The Kier molecular flexibility index (Phi) is 7.81. The van der Waals surface area contributed by atoms with Gasteiger partial charge in [0.15, 0.2) is 0 Å². The highest BCUT2D eigenvalue weighted by Gasteiger charge is 2.07. The summed E-state index contributed by atoms with van der Waals surface area (Å²) in [4.78, 5) is 45.9. The van der Waals surface area contributed by atoms with Gasteiger partial charge in [-0.05, 0) is 6.92 Å². The second-order valence-electron chi connectivity index (χ2n) is 3.50. The molecule has 0 bridgehead atoms. The highest BCUT2D eigenvalue weighted by atomic mass is 16.1. The van der Waals surface area contributed by atoms with Gasteiger partial charge in [-0.15, -0.1) is 0 Å². The molecule has 0 radical (unpaired) electrons. The van der Waals surface area contributed by atoms with E-state index in [2.05, 4.69) is 4.99 Å². The van der Waals surface area contributed by atoms with E-state index in [9.17, 15) is 19.2 Å². The summed E-state index contributed by atoms with van der Waals surface area (Å²) in [6.45, 7) is 1.56. The van der Waals surface area contributed by atoms with Gasteiger partial charge >= 0.3 is 0 Å². The van der Waals surface area contributed by atoms with Gasteiger partial charge in [0.05, 0.1) is 6.54 Å². The van der Waals surface area contributed by atoms with E-state index in [-0.39, 0.29) is 56.0 Å². The molecule has 0 aromatic heterocycles. The fourth-order valence-electron chi connectivity index (χ4n) is 1.07. The van der Waals surface area contributed by atoms with Crippen molar-refractivity contribution in [3.8, 4) is 0 Å². The number of ketones is 3. The number of hydrogen-bond donors (Lipinski definition) is 0. The van der Waals surface area contributed by atoms with Crippen LogP contribution in [0, 0.1) is 0 Å². The molecule has 0 aromatic carbocycles. The van der Waals surface area contributed by atoms with Crippen molar-refractivity contribution in [3.63, 3.8) is 0 Å². The van der Waals surface area contributed by atoms with Gasteiger partial charge in [0.2, 0.25) is 6.08 Å². The second-order valence-corrected chi connectivity index (χ2v) is 3.50. The minimum Gasteiger partial charge on any atom is -0.300 e. The average Bonchev–Trinajstić information content (AvgIpc) is 2.24. The number of hydrogen-bond acceptors (Lipinski definition) is 5. The van der Waals surface area contributed by atoms with E-state index in [1.807, 2.05) is 0 Å². The molecule has 0 aliphatic rings. The Morgan fingerprint density at radius 1 is 0.938 bits per heavy atom. The summed E-state index contributed by atoms with van der Waals surface area (Å²) in [5.41, 5.74) is 0. The van der Waals surface area contributed by atoms with E-state index >= 15 is 0 Å². The third-order valence-corrected chi connectivity index (χ3v) is 2.01. The van der Waals surface area contributed by atoms with Crippen LogP contribution in [-0.2, 0) is 19.2 Å². The first-order valence-corrected chi connectivity index (χ1v) is 5.12. The predicted octanol–water partition coefficient (Wildman–Crippen LogP) is 1.000. The molecule has 5 heteroatoms. The lowest BCUT2D eigenvalue weighted by Gasteiger charge is -1.98. The number of carbonyl (C=O) groups excluding carboxylic acids is 4. The molecule has 16 heavy (non-hydrogen) atoms. The third-order valence-electron chi connectivity index (χ3n) is 2.01. The van der Waals surface area contributed by atoms with Crippen molar-refractivity contribution in [1.82, 2.24) is 0 Å². The van der Waals surface area contributed by atoms with Gasteiger partial charge < -0.3 is 4.79 Å². The van der Waals surface area contributed by atoms with E-state index < -0.39 is 0 Å². The highest BCUT2D eigenvalue weighted by molar-refractivity contribution is 5.88. The molecule has 0 fully saturated rings. The zero-order valence-electron chi connectivity index (χ0n) is 9.32. The fourth-order valence-corrected chi connectivity index (χ4v) is 1.07. The lowest BCUT2D eigenvalue weighted by molar-refractivity contribution is -0.125. The molecule has 0 aliphatic heterocycles. The maximum atomic E-state index is 11.2. The summed E-state index contributed by atoms with van der Waals surface area (Å²) >= 11 is 0. The largest absolute Gasteiger partial charge is 0.300 e. The highest BCUT2D eigenvalue weighted by Crippen LogP contribution is 2.02. The van der Waals surface area contributed by atoms with Crippen LogP contribution >= 0.6 is 0 Å². The van der Waals surface area contributed by atoms with Crippen molar-refractivity contribution in [1.29, 1.82) is 0 Å². The molecule has 88 valence electrons. The third kappa shape index (κ3) is 8.97. The molecule has 0 heterocycles. The monoisotopic (exact) mass is 225 g/mol. The minimum absolute atomic E-state index is 0.0278. The SMILES string of the molecule is CC(=O)CCC(=O)CCC(=O)CCN=C=O. The lowest BCUT2D eigenvalue weighted by atomic mass is 10.1. The first-order chi connectivity index (χ1) is 7.56. The standard InChI is InChI=1S/C11H15NO4/c1-9(14)2-3-10(15)4-5-11(16)6-7-12-8-13/h2-7H2,1H3. The van der Waals surface area contributed by atoms with Gasteiger partial charge in [-0.25, -0.2) is 9.79 Å². The first kappa shape index (κ1) is 14.4. The maximum Gasteiger partial charge on any atom is 0.234 e. The van der Waals surface area contributed by atoms with Crippen LogP contribution in [0.5, 0.6) is 0 Å². The molecule has 0 rings (SSSR count). The summed E-state index contributed by atoms with van der Waals surface area (Å²) in [7, 11) is 0. The molecule has 0 amide bonds. The summed E-state index contributed by atoms with van der Waals surface area (Å²) < 4.78 is 0. The van der Waals surface area contributed by atoms with Gasteiger partial charge in [-0.3, -0.25) is 9.59 Å². The Morgan fingerprint density at radius 2 is 1.44 bits per heavy atom. The van der Waals surface area contributed by atoms with Gasteiger partial charge in [0.25, 0.3) is 0 Å². The Bertz CT molecular complexity index is 298. The molecule has 0 saturated heterocycles. The van der Waals surface area contributed by atoms with Gasteiger partial charge in [-0.1, -0.05) is 0 Å². The lowest BCUT2D eigenvalue weighted by Crippen LogP contribution is -2.06. The van der Waals surface area contributed by atoms with Crippen molar-refractivity contribution in [3.05, 3.63) is 0 Å². The molecule has 0 unspecified atom stereocenters. The average molecular weight is 225 g/mol. The van der Waals surface area contributed by atoms with Gasteiger partial charge in [0, 0.05) is 32.1 Å². The Labute approximate surface area is 93.9 Å². The zero-order valence-corrected chi connectivity index (χ0v) is 9.32. The molecule has 5 nitrogen and oxygen atoms in total. The molecular weight excluding hydrogens is 210 g/mol. The van der Waals surface area contributed by atoms with E-state index in [0.29, 0.717) is 0 Å².